The highest BCUT2D eigenvalue weighted by atomic mass is 19.1. The highest BCUT2D eigenvalue weighted by Gasteiger charge is 2.21. The van der Waals surface area contributed by atoms with Gasteiger partial charge in [0, 0.05) is 31.9 Å². The predicted octanol–water partition coefficient (Wildman–Crippen LogP) is 4.64. The van der Waals surface area contributed by atoms with Gasteiger partial charge in [0.05, 0.1) is 11.4 Å². The number of piperidine rings is 1. The summed E-state index contributed by atoms with van der Waals surface area (Å²) >= 11 is 0. The van der Waals surface area contributed by atoms with Gasteiger partial charge in [0.1, 0.15) is 5.82 Å². The maximum atomic E-state index is 13.7. The van der Waals surface area contributed by atoms with Crippen molar-refractivity contribution in [1.29, 1.82) is 0 Å². The van der Waals surface area contributed by atoms with Gasteiger partial charge in [0.2, 0.25) is 5.91 Å². The summed E-state index contributed by atoms with van der Waals surface area (Å²) in [6.45, 7) is 2.95. The average molecular weight is 407 g/mol. The van der Waals surface area contributed by atoms with Crippen LogP contribution in [0.2, 0.25) is 0 Å². The van der Waals surface area contributed by atoms with Crippen molar-refractivity contribution in [3.8, 4) is 5.69 Å². The molecule has 2 heterocycles. The molecule has 0 spiro atoms. The number of anilines is 1. The Morgan fingerprint density at radius 1 is 1.17 bits per heavy atom. The van der Waals surface area contributed by atoms with Crippen molar-refractivity contribution >= 4 is 11.6 Å². The van der Waals surface area contributed by atoms with Crippen molar-refractivity contribution in [2.75, 3.05) is 18.4 Å². The van der Waals surface area contributed by atoms with Crippen molar-refractivity contribution < 1.29 is 9.18 Å². The zero-order valence-electron chi connectivity index (χ0n) is 17.0. The molecule has 1 aliphatic rings. The summed E-state index contributed by atoms with van der Waals surface area (Å²) in [4.78, 5) is 14.7. The Morgan fingerprint density at radius 2 is 2.07 bits per heavy atom. The largest absolute Gasteiger partial charge is 0.324 e. The Kier molecular flexibility index (Phi) is 6.54. The van der Waals surface area contributed by atoms with Crippen molar-refractivity contribution in [3.05, 3.63) is 78.4 Å². The zero-order valence-corrected chi connectivity index (χ0v) is 17.0. The van der Waals surface area contributed by atoms with E-state index >= 15 is 0 Å². The van der Waals surface area contributed by atoms with Gasteiger partial charge in [-0.25, -0.2) is 9.07 Å². The molecule has 0 aliphatic carbocycles. The number of aromatic nitrogens is 2. The maximum absolute atomic E-state index is 13.7. The number of rotatable bonds is 7. The van der Waals surface area contributed by atoms with Crippen LogP contribution in [0.5, 0.6) is 0 Å². The number of carbonyl (C=O) groups excluding carboxylic acids is 1. The summed E-state index contributed by atoms with van der Waals surface area (Å²) in [5.41, 5.74) is 2.58. The normalized spacial score (nSPS) is 17.0. The van der Waals surface area contributed by atoms with Gasteiger partial charge >= 0.3 is 0 Å². The lowest BCUT2D eigenvalue weighted by Crippen LogP contribution is -2.35. The van der Waals surface area contributed by atoms with Crippen LogP contribution in [0, 0.1) is 11.7 Å². The van der Waals surface area contributed by atoms with Crippen LogP contribution in [-0.4, -0.2) is 33.7 Å². The van der Waals surface area contributed by atoms with E-state index < -0.39 is 5.82 Å². The van der Waals surface area contributed by atoms with E-state index in [4.69, 9.17) is 0 Å². The Hall–Kier alpha value is -2.99. The third-order valence-corrected chi connectivity index (χ3v) is 5.62. The number of nitrogens with one attached hydrogen (secondary N) is 1. The van der Waals surface area contributed by atoms with Crippen LogP contribution in [0.15, 0.2) is 67.0 Å². The lowest BCUT2D eigenvalue weighted by molar-refractivity contribution is -0.116. The van der Waals surface area contributed by atoms with E-state index in [1.54, 1.807) is 24.4 Å². The molecule has 1 unspecified atom stereocenters. The summed E-state index contributed by atoms with van der Waals surface area (Å²) in [6.07, 6.45) is 7.24. The Morgan fingerprint density at radius 3 is 2.90 bits per heavy atom. The molecule has 1 amide bonds. The molecule has 4 rings (SSSR count). The van der Waals surface area contributed by atoms with Crippen LogP contribution in [-0.2, 0) is 11.3 Å². The number of hydrogen-bond donors (Lipinski definition) is 1. The molecule has 3 aromatic rings. The van der Waals surface area contributed by atoms with Gasteiger partial charge in [0.15, 0.2) is 0 Å². The van der Waals surface area contributed by atoms with E-state index in [2.05, 4.69) is 39.6 Å². The fourth-order valence-corrected chi connectivity index (χ4v) is 4.12. The Labute approximate surface area is 176 Å². The second-order valence-corrected chi connectivity index (χ2v) is 7.93. The summed E-state index contributed by atoms with van der Waals surface area (Å²) < 4.78 is 15.6. The summed E-state index contributed by atoms with van der Waals surface area (Å²) in [7, 11) is 0. The second-order valence-electron chi connectivity index (χ2n) is 7.93. The monoisotopic (exact) mass is 406 g/mol. The number of hydrogen-bond acceptors (Lipinski definition) is 3. The summed E-state index contributed by atoms with van der Waals surface area (Å²) in [6, 6.07) is 16.7. The van der Waals surface area contributed by atoms with Gasteiger partial charge in [-0.05, 0) is 67.6 Å². The van der Waals surface area contributed by atoms with Gasteiger partial charge in [0.25, 0.3) is 0 Å². The molecule has 1 saturated heterocycles. The smallest absolute Gasteiger partial charge is 0.224 e. The number of carbonyl (C=O) groups is 1. The number of para-hydroxylation sites is 1. The molecule has 2 aromatic carbocycles. The molecular weight excluding hydrogens is 379 g/mol. The zero-order chi connectivity index (χ0) is 20.8. The second kappa shape index (κ2) is 9.67. The van der Waals surface area contributed by atoms with Crippen LogP contribution in [0.25, 0.3) is 5.69 Å². The highest BCUT2D eigenvalue weighted by molar-refractivity contribution is 5.90. The van der Waals surface area contributed by atoms with E-state index in [9.17, 15) is 9.18 Å². The molecular formula is C24H27FN4O. The molecule has 30 heavy (non-hydrogen) atoms. The molecule has 1 fully saturated rings. The minimum atomic E-state index is -0.396. The van der Waals surface area contributed by atoms with Crippen LogP contribution in [0.3, 0.4) is 0 Å². The van der Waals surface area contributed by atoms with Crippen LogP contribution >= 0.6 is 0 Å². The molecule has 1 aliphatic heterocycles. The van der Waals surface area contributed by atoms with Gasteiger partial charge in [-0.2, -0.15) is 5.10 Å². The standard InChI is InChI=1S/C24H27FN4O/c25-22-9-1-2-10-23(22)27-24(30)12-11-19-7-4-14-28(17-19)18-20-6-3-8-21(16-20)29-15-5-13-26-29/h1-3,5-6,8-10,13,15-16,19H,4,7,11-12,14,17-18H2,(H,27,30). The molecule has 1 N–H and O–H groups in total. The van der Waals surface area contributed by atoms with Crippen molar-refractivity contribution in [3.63, 3.8) is 0 Å². The van der Waals surface area contributed by atoms with Crippen LogP contribution in [0.4, 0.5) is 10.1 Å². The number of likely N-dealkylation sites (tertiary alicyclic amines) is 1. The maximum Gasteiger partial charge on any atom is 0.224 e. The first-order chi connectivity index (χ1) is 14.7. The average Bonchev–Trinajstić information content (AvgIpc) is 3.30. The van der Waals surface area contributed by atoms with Gasteiger partial charge in [-0.1, -0.05) is 24.3 Å². The number of nitrogens with zero attached hydrogens (tertiary/aromatic N) is 3. The number of halogens is 1. The summed E-state index contributed by atoms with van der Waals surface area (Å²) in [5, 5.41) is 6.99. The molecule has 0 radical (unpaired) electrons. The van der Waals surface area contributed by atoms with E-state index in [0.29, 0.717) is 12.3 Å². The van der Waals surface area contributed by atoms with E-state index in [1.165, 1.54) is 11.6 Å². The van der Waals surface area contributed by atoms with E-state index in [1.807, 2.05) is 16.9 Å². The Bertz CT molecular complexity index is 973. The van der Waals surface area contributed by atoms with E-state index in [0.717, 1.165) is 44.6 Å². The first kappa shape index (κ1) is 20.3. The van der Waals surface area contributed by atoms with Crippen LogP contribution in [0.1, 0.15) is 31.2 Å². The number of benzene rings is 2. The van der Waals surface area contributed by atoms with E-state index in [-0.39, 0.29) is 11.6 Å². The minimum Gasteiger partial charge on any atom is -0.324 e. The molecule has 1 atom stereocenters. The minimum absolute atomic E-state index is 0.121. The number of amides is 1. The van der Waals surface area contributed by atoms with Crippen LogP contribution < -0.4 is 5.32 Å². The van der Waals surface area contributed by atoms with Crippen molar-refractivity contribution in [1.82, 2.24) is 14.7 Å². The SMILES string of the molecule is O=C(CCC1CCCN(Cc2cccc(-n3cccn3)c2)C1)Nc1ccccc1F. The molecule has 5 nitrogen and oxygen atoms in total. The molecule has 6 heteroatoms. The fraction of sp³-hybridized carbons (Fsp3) is 0.333. The van der Waals surface area contributed by atoms with Crippen molar-refractivity contribution in [2.24, 2.45) is 5.92 Å². The highest BCUT2D eigenvalue weighted by Crippen LogP contribution is 2.23. The quantitative estimate of drug-likeness (QED) is 0.622. The lowest BCUT2D eigenvalue weighted by Gasteiger charge is -2.32. The lowest BCUT2D eigenvalue weighted by atomic mass is 9.93. The van der Waals surface area contributed by atoms with Gasteiger partial charge in [-0.15, -0.1) is 0 Å². The molecule has 156 valence electrons. The summed E-state index contributed by atoms with van der Waals surface area (Å²) in [5.74, 6) is -0.0319. The molecule has 1 aromatic heterocycles. The van der Waals surface area contributed by atoms with Gasteiger partial charge in [-0.3, -0.25) is 9.69 Å². The van der Waals surface area contributed by atoms with Gasteiger partial charge < -0.3 is 5.32 Å². The third kappa shape index (κ3) is 5.33. The topological polar surface area (TPSA) is 50.2 Å². The first-order valence-electron chi connectivity index (χ1n) is 10.5. The Balaban J connectivity index is 1.28. The third-order valence-electron chi connectivity index (χ3n) is 5.62. The molecule has 0 bridgehead atoms. The first-order valence-corrected chi connectivity index (χ1v) is 10.5. The predicted molar refractivity (Wildman–Crippen MR) is 116 cm³/mol. The fourth-order valence-electron chi connectivity index (χ4n) is 4.12. The molecule has 0 saturated carbocycles. The van der Waals surface area contributed by atoms with Crippen molar-refractivity contribution in [2.45, 2.75) is 32.2 Å².